The van der Waals surface area contributed by atoms with Gasteiger partial charge in [0.2, 0.25) is 0 Å². The molecule has 7 nitrogen and oxygen atoms in total. The standard InChI is InChI=1S/C16H15F3N6O/c17-16(18,19)13-5-8-24(22-13)11-3-2-7-23(10-11)15(26)12-9-20-14-4-1-6-21-25(12)14/h1,4-6,8-9,11H,2-3,7,10H2. The number of fused-ring (bicyclic) bond motifs is 1. The van der Waals surface area contributed by atoms with Gasteiger partial charge in [0, 0.05) is 25.5 Å². The fourth-order valence-corrected chi connectivity index (χ4v) is 3.18. The summed E-state index contributed by atoms with van der Waals surface area (Å²) in [6.45, 7) is 0.820. The topological polar surface area (TPSA) is 68.3 Å². The Morgan fingerprint density at radius 2 is 2.12 bits per heavy atom. The van der Waals surface area contributed by atoms with Crippen molar-refractivity contribution in [3.8, 4) is 0 Å². The van der Waals surface area contributed by atoms with E-state index in [0.29, 0.717) is 30.7 Å². The molecule has 1 aliphatic heterocycles. The van der Waals surface area contributed by atoms with E-state index in [1.807, 2.05) is 0 Å². The van der Waals surface area contributed by atoms with E-state index >= 15 is 0 Å². The van der Waals surface area contributed by atoms with Gasteiger partial charge in [-0.2, -0.15) is 23.4 Å². The van der Waals surface area contributed by atoms with E-state index in [1.165, 1.54) is 21.6 Å². The van der Waals surface area contributed by atoms with Gasteiger partial charge in [0.05, 0.1) is 12.2 Å². The minimum Gasteiger partial charge on any atom is -0.335 e. The molecule has 1 aliphatic rings. The average Bonchev–Trinajstić information content (AvgIpc) is 3.28. The Kier molecular flexibility index (Phi) is 3.89. The van der Waals surface area contributed by atoms with Gasteiger partial charge < -0.3 is 4.90 Å². The maximum Gasteiger partial charge on any atom is 0.435 e. The molecule has 136 valence electrons. The minimum absolute atomic E-state index is 0.246. The summed E-state index contributed by atoms with van der Waals surface area (Å²) < 4.78 is 41.0. The summed E-state index contributed by atoms with van der Waals surface area (Å²) in [4.78, 5) is 18.6. The van der Waals surface area contributed by atoms with E-state index in [2.05, 4.69) is 15.2 Å². The van der Waals surface area contributed by atoms with Crippen LogP contribution in [-0.4, -0.2) is 48.3 Å². The van der Waals surface area contributed by atoms with Crippen LogP contribution < -0.4 is 0 Å². The summed E-state index contributed by atoms with van der Waals surface area (Å²) in [5.74, 6) is -0.246. The van der Waals surface area contributed by atoms with Crippen LogP contribution in [0.15, 0.2) is 36.8 Å². The van der Waals surface area contributed by atoms with Crippen LogP contribution in [0.2, 0.25) is 0 Å². The molecule has 0 aliphatic carbocycles. The molecule has 3 aromatic rings. The van der Waals surface area contributed by atoms with Gasteiger partial charge in [-0.05, 0) is 31.0 Å². The number of carbonyl (C=O) groups excluding carboxylic acids is 1. The lowest BCUT2D eigenvalue weighted by atomic mass is 10.1. The molecule has 1 saturated heterocycles. The highest BCUT2D eigenvalue weighted by molar-refractivity contribution is 5.93. The molecular weight excluding hydrogens is 349 g/mol. The van der Waals surface area contributed by atoms with Crippen molar-refractivity contribution < 1.29 is 18.0 Å². The predicted octanol–water partition coefficient (Wildman–Crippen LogP) is 2.42. The van der Waals surface area contributed by atoms with Crippen molar-refractivity contribution in [3.05, 3.63) is 48.2 Å². The van der Waals surface area contributed by atoms with E-state index in [9.17, 15) is 18.0 Å². The van der Waals surface area contributed by atoms with Gasteiger partial charge in [-0.25, -0.2) is 9.50 Å². The zero-order chi connectivity index (χ0) is 18.3. The van der Waals surface area contributed by atoms with Gasteiger partial charge in [-0.15, -0.1) is 0 Å². The number of aromatic nitrogens is 5. The Hall–Kier alpha value is -2.91. The number of likely N-dealkylation sites (tertiary alicyclic amines) is 1. The number of imidazole rings is 1. The Balaban J connectivity index is 1.55. The number of alkyl halides is 3. The Morgan fingerprint density at radius 3 is 2.88 bits per heavy atom. The van der Waals surface area contributed by atoms with Gasteiger partial charge in [-0.1, -0.05) is 0 Å². The SMILES string of the molecule is O=C(c1cnc2cccnn12)N1CCCC(n2ccc(C(F)(F)F)n2)C1. The quantitative estimate of drug-likeness (QED) is 0.700. The van der Waals surface area contributed by atoms with Crippen molar-refractivity contribution in [2.24, 2.45) is 0 Å². The van der Waals surface area contributed by atoms with E-state index in [0.717, 1.165) is 6.07 Å². The first-order chi connectivity index (χ1) is 12.4. The molecule has 0 aromatic carbocycles. The number of amides is 1. The van der Waals surface area contributed by atoms with E-state index in [4.69, 9.17) is 0 Å². The van der Waals surface area contributed by atoms with Crippen molar-refractivity contribution in [1.82, 2.24) is 29.3 Å². The van der Waals surface area contributed by atoms with Crippen LogP contribution >= 0.6 is 0 Å². The molecule has 0 radical (unpaired) electrons. The number of rotatable bonds is 2. The Labute approximate surface area is 146 Å². The number of piperidine rings is 1. The molecule has 26 heavy (non-hydrogen) atoms. The van der Waals surface area contributed by atoms with Gasteiger partial charge in [0.1, 0.15) is 0 Å². The molecule has 0 spiro atoms. The molecule has 10 heteroatoms. The third-order valence-corrected chi connectivity index (χ3v) is 4.45. The molecule has 0 saturated carbocycles. The van der Waals surface area contributed by atoms with Crippen LogP contribution in [0, 0.1) is 0 Å². The van der Waals surface area contributed by atoms with Gasteiger partial charge in [0.15, 0.2) is 17.0 Å². The first kappa shape index (κ1) is 16.6. The fourth-order valence-electron chi connectivity index (χ4n) is 3.18. The van der Waals surface area contributed by atoms with Crippen molar-refractivity contribution >= 4 is 11.6 Å². The highest BCUT2D eigenvalue weighted by Crippen LogP contribution is 2.29. The first-order valence-electron chi connectivity index (χ1n) is 8.14. The van der Waals surface area contributed by atoms with Crippen LogP contribution in [0.25, 0.3) is 5.65 Å². The molecule has 1 atom stereocenters. The van der Waals surface area contributed by atoms with Crippen molar-refractivity contribution in [2.45, 2.75) is 25.1 Å². The van der Waals surface area contributed by atoms with E-state index < -0.39 is 11.9 Å². The van der Waals surface area contributed by atoms with Crippen LogP contribution in [0.4, 0.5) is 13.2 Å². The van der Waals surface area contributed by atoms with Crippen molar-refractivity contribution in [3.63, 3.8) is 0 Å². The maximum absolute atomic E-state index is 12.8. The zero-order valence-electron chi connectivity index (χ0n) is 13.6. The zero-order valence-corrected chi connectivity index (χ0v) is 13.6. The summed E-state index contributed by atoms with van der Waals surface area (Å²) in [6.07, 6.45) is 1.21. The number of hydrogen-bond acceptors (Lipinski definition) is 4. The summed E-state index contributed by atoms with van der Waals surface area (Å²) in [5.41, 5.74) is -0.0315. The van der Waals surface area contributed by atoms with Crippen LogP contribution in [0.3, 0.4) is 0 Å². The van der Waals surface area contributed by atoms with Crippen LogP contribution in [-0.2, 0) is 6.18 Å². The third-order valence-electron chi connectivity index (χ3n) is 4.45. The predicted molar refractivity (Wildman–Crippen MR) is 84.4 cm³/mol. The average molecular weight is 364 g/mol. The third kappa shape index (κ3) is 2.91. The maximum atomic E-state index is 12.8. The summed E-state index contributed by atoms with van der Waals surface area (Å²) >= 11 is 0. The molecular formula is C16H15F3N6O. The van der Waals surface area contributed by atoms with Gasteiger partial charge in [0.25, 0.3) is 5.91 Å². The largest absolute Gasteiger partial charge is 0.435 e. The normalized spacial score (nSPS) is 18.4. The van der Waals surface area contributed by atoms with Crippen molar-refractivity contribution in [2.75, 3.05) is 13.1 Å². The summed E-state index contributed by atoms with van der Waals surface area (Å²) in [6, 6.07) is 4.13. The molecule has 1 fully saturated rings. The molecule has 0 N–H and O–H groups in total. The summed E-state index contributed by atoms with van der Waals surface area (Å²) in [5, 5.41) is 7.76. The van der Waals surface area contributed by atoms with Crippen LogP contribution in [0.5, 0.6) is 0 Å². The second-order valence-corrected chi connectivity index (χ2v) is 6.16. The summed E-state index contributed by atoms with van der Waals surface area (Å²) in [7, 11) is 0. The molecule has 4 heterocycles. The first-order valence-corrected chi connectivity index (χ1v) is 8.14. The molecule has 1 unspecified atom stereocenters. The van der Waals surface area contributed by atoms with Crippen molar-refractivity contribution in [1.29, 1.82) is 0 Å². The fraction of sp³-hybridized carbons (Fsp3) is 0.375. The molecule has 3 aromatic heterocycles. The number of nitrogens with zero attached hydrogens (tertiary/aromatic N) is 6. The van der Waals surface area contributed by atoms with Gasteiger partial charge >= 0.3 is 6.18 Å². The van der Waals surface area contributed by atoms with E-state index in [-0.39, 0.29) is 18.5 Å². The second-order valence-electron chi connectivity index (χ2n) is 6.16. The Morgan fingerprint density at radius 1 is 1.27 bits per heavy atom. The number of carbonyl (C=O) groups is 1. The minimum atomic E-state index is -4.47. The smallest absolute Gasteiger partial charge is 0.335 e. The van der Waals surface area contributed by atoms with Crippen LogP contribution in [0.1, 0.15) is 35.1 Å². The lowest BCUT2D eigenvalue weighted by molar-refractivity contribution is -0.141. The highest BCUT2D eigenvalue weighted by atomic mass is 19.4. The van der Waals surface area contributed by atoms with E-state index in [1.54, 1.807) is 23.2 Å². The lowest BCUT2D eigenvalue weighted by Crippen LogP contribution is -2.41. The lowest BCUT2D eigenvalue weighted by Gasteiger charge is -2.32. The molecule has 4 rings (SSSR count). The highest BCUT2D eigenvalue weighted by Gasteiger charge is 2.35. The monoisotopic (exact) mass is 364 g/mol. The van der Waals surface area contributed by atoms with Gasteiger partial charge in [-0.3, -0.25) is 9.48 Å². The molecule has 0 bridgehead atoms. The number of halogens is 3. The molecule has 1 amide bonds. The Bertz CT molecular complexity index is 947. The number of hydrogen-bond donors (Lipinski definition) is 0. The second kappa shape index (κ2) is 6.11.